The molecule has 0 saturated heterocycles. The van der Waals surface area contributed by atoms with Crippen molar-refractivity contribution in [2.24, 2.45) is 0 Å². The molecule has 144 valence electrons. The smallest absolute Gasteiger partial charge is 0.344 e. The Morgan fingerprint density at radius 2 is 1.96 bits per heavy atom. The van der Waals surface area contributed by atoms with Gasteiger partial charge < -0.3 is 20.5 Å². The average molecular weight is 384 g/mol. The molecular weight excluding hydrogens is 367 g/mol. The average Bonchev–Trinajstić information content (AvgIpc) is 2.68. The van der Waals surface area contributed by atoms with E-state index in [4.69, 9.17) is 15.2 Å². The molecule has 2 heterocycles. The molecule has 0 aliphatic rings. The van der Waals surface area contributed by atoms with E-state index < -0.39 is 5.97 Å². The molecule has 0 aliphatic carbocycles. The lowest BCUT2D eigenvalue weighted by atomic mass is 10.3. The van der Waals surface area contributed by atoms with Gasteiger partial charge in [0.15, 0.2) is 12.4 Å². The number of hydrogen-bond donors (Lipinski definition) is 2. The summed E-state index contributed by atoms with van der Waals surface area (Å²) in [6.07, 6.45) is 1.52. The predicted octanol–water partition coefficient (Wildman–Crippen LogP) is 2.49. The Labute approximate surface area is 159 Å². The van der Waals surface area contributed by atoms with Gasteiger partial charge in [-0.3, -0.25) is 0 Å². The number of carbonyl (C=O) groups is 1. The molecule has 28 heavy (non-hydrogen) atoms. The minimum absolute atomic E-state index is 0.0537. The lowest BCUT2D eigenvalue weighted by Gasteiger charge is -2.09. The molecule has 0 atom stereocenters. The van der Waals surface area contributed by atoms with Crippen molar-refractivity contribution in [3.8, 4) is 5.88 Å². The second-order valence-electron chi connectivity index (χ2n) is 5.43. The van der Waals surface area contributed by atoms with E-state index in [1.165, 1.54) is 30.5 Å². The topological polar surface area (TPSA) is 125 Å². The Bertz CT molecular complexity index is 968. The molecule has 10 heteroatoms. The van der Waals surface area contributed by atoms with Gasteiger partial charge in [0.2, 0.25) is 17.8 Å². The van der Waals surface area contributed by atoms with Crippen LogP contribution in [0.2, 0.25) is 0 Å². The van der Waals surface area contributed by atoms with Gasteiger partial charge in [-0.05, 0) is 43.3 Å². The minimum Gasteiger partial charge on any atom is -0.477 e. The molecule has 0 amide bonds. The molecule has 0 aliphatic heterocycles. The monoisotopic (exact) mass is 384 g/mol. The maximum Gasteiger partial charge on any atom is 0.344 e. The third-order valence-corrected chi connectivity index (χ3v) is 3.40. The van der Waals surface area contributed by atoms with Crippen LogP contribution in [0, 0.1) is 5.82 Å². The van der Waals surface area contributed by atoms with Crippen molar-refractivity contribution in [2.45, 2.75) is 13.5 Å². The summed E-state index contributed by atoms with van der Waals surface area (Å²) < 4.78 is 23.5. The molecule has 0 saturated carbocycles. The number of anilines is 3. The molecule has 3 aromatic rings. The standard InChI is InChI=1S/C18H17FN6O3/c1-2-27-15-13(4-3-9-21-15)16(26)28-10-14-23-17(20)25-18(24-14)22-12-7-5-11(19)6-8-12/h3-9H,2,10H2,1H3,(H3,20,22,23,24,25). The highest BCUT2D eigenvalue weighted by Crippen LogP contribution is 2.17. The first-order valence-electron chi connectivity index (χ1n) is 8.33. The fourth-order valence-electron chi connectivity index (χ4n) is 2.23. The number of pyridine rings is 1. The number of rotatable bonds is 7. The maximum absolute atomic E-state index is 13.0. The van der Waals surface area contributed by atoms with Crippen molar-refractivity contribution in [1.82, 2.24) is 19.9 Å². The summed E-state index contributed by atoms with van der Waals surface area (Å²) in [5.41, 5.74) is 6.44. The Hall–Kier alpha value is -3.82. The van der Waals surface area contributed by atoms with Crippen molar-refractivity contribution in [3.05, 3.63) is 59.8 Å². The lowest BCUT2D eigenvalue weighted by molar-refractivity contribution is 0.0456. The molecule has 2 aromatic heterocycles. The summed E-state index contributed by atoms with van der Waals surface area (Å²) in [5, 5.41) is 2.88. The maximum atomic E-state index is 13.0. The number of ether oxygens (including phenoxy) is 2. The van der Waals surface area contributed by atoms with E-state index in [-0.39, 0.29) is 41.6 Å². The molecule has 0 radical (unpaired) electrons. The Morgan fingerprint density at radius 1 is 1.18 bits per heavy atom. The fourth-order valence-corrected chi connectivity index (χ4v) is 2.23. The van der Waals surface area contributed by atoms with E-state index in [9.17, 15) is 9.18 Å². The molecular formula is C18H17FN6O3. The number of halogens is 1. The van der Waals surface area contributed by atoms with Gasteiger partial charge in [0.05, 0.1) is 6.61 Å². The lowest BCUT2D eigenvalue weighted by Crippen LogP contribution is -2.12. The first-order chi connectivity index (χ1) is 13.5. The van der Waals surface area contributed by atoms with Crippen LogP contribution >= 0.6 is 0 Å². The van der Waals surface area contributed by atoms with Gasteiger partial charge in [0, 0.05) is 11.9 Å². The second-order valence-corrected chi connectivity index (χ2v) is 5.43. The number of carbonyl (C=O) groups excluding carboxylic acids is 1. The van der Waals surface area contributed by atoms with Gasteiger partial charge in [-0.25, -0.2) is 14.2 Å². The first-order valence-corrected chi connectivity index (χ1v) is 8.33. The Balaban J connectivity index is 1.70. The summed E-state index contributed by atoms with van der Waals surface area (Å²) in [7, 11) is 0. The normalized spacial score (nSPS) is 10.4. The molecule has 0 unspecified atom stereocenters. The highest BCUT2D eigenvalue weighted by molar-refractivity contribution is 5.91. The number of nitrogens with zero attached hydrogens (tertiary/aromatic N) is 4. The quantitative estimate of drug-likeness (QED) is 0.591. The number of aromatic nitrogens is 4. The summed E-state index contributed by atoms with van der Waals surface area (Å²) in [6, 6.07) is 8.77. The van der Waals surface area contributed by atoms with Crippen molar-refractivity contribution in [3.63, 3.8) is 0 Å². The number of hydrogen-bond acceptors (Lipinski definition) is 9. The van der Waals surface area contributed by atoms with Crippen molar-refractivity contribution >= 4 is 23.6 Å². The van der Waals surface area contributed by atoms with Gasteiger partial charge >= 0.3 is 5.97 Å². The van der Waals surface area contributed by atoms with Crippen molar-refractivity contribution in [2.75, 3.05) is 17.7 Å². The number of nitrogens with one attached hydrogen (secondary N) is 1. The zero-order chi connectivity index (χ0) is 19.9. The number of esters is 1. The Kier molecular flexibility index (Phi) is 5.90. The van der Waals surface area contributed by atoms with Crippen LogP contribution in [-0.4, -0.2) is 32.5 Å². The van der Waals surface area contributed by atoms with E-state index in [1.807, 2.05) is 0 Å². The van der Waals surface area contributed by atoms with E-state index in [0.717, 1.165) is 0 Å². The molecule has 0 fully saturated rings. The summed E-state index contributed by atoms with van der Waals surface area (Å²) >= 11 is 0. The van der Waals surface area contributed by atoms with Gasteiger partial charge in [0.25, 0.3) is 0 Å². The van der Waals surface area contributed by atoms with E-state index in [1.54, 1.807) is 19.1 Å². The molecule has 3 N–H and O–H groups in total. The number of nitrogens with two attached hydrogens (primary N) is 1. The van der Waals surface area contributed by atoms with E-state index in [2.05, 4.69) is 25.3 Å². The molecule has 0 spiro atoms. The second kappa shape index (κ2) is 8.71. The van der Waals surface area contributed by atoms with Gasteiger partial charge in [-0.2, -0.15) is 15.0 Å². The predicted molar refractivity (Wildman–Crippen MR) is 98.4 cm³/mol. The highest BCUT2D eigenvalue weighted by atomic mass is 19.1. The Morgan fingerprint density at radius 3 is 2.71 bits per heavy atom. The van der Waals surface area contributed by atoms with Crippen LogP contribution in [0.4, 0.5) is 22.0 Å². The molecule has 9 nitrogen and oxygen atoms in total. The van der Waals surface area contributed by atoms with Crippen LogP contribution in [-0.2, 0) is 11.3 Å². The number of nitrogen functional groups attached to an aromatic ring is 1. The summed E-state index contributed by atoms with van der Waals surface area (Å²) in [6.45, 7) is 1.91. The van der Waals surface area contributed by atoms with Crippen LogP contribution in [0.3, 0.4) is 0 Å². The third kappa shape index (κ3) is 4.87. The van der Waals surface area contributed by atoms with Crippen LogP contribution in [0.1, 0.15) is 23.1 Å². The van der Waals surface area contributed by atoms with Crippen LogP contribution in [0.5, 0.6) is 5.88 Å². The largest absolute Gasteiger partial charge is 0.477 e. The van der Waals surface area contributed by atoms with Crippen LogP contribution in [0.15, 0.2) is 42.6 Å². The zero-order valence-electron chi connectivity index (χ0n) is 14.9. The molecule has 3 rings (SSSR count). The fraction of sp³-hybridized carbons (Fsp3) is 0.167. The van der Waals surface area contributed by atoms with E-state index >= 15 is 0 Å². The van der Waals surface area contributed by atoms with Gasteiger partial charge in [-0.1, -0.05) is 0 Å². The highest BCUT2D eigenvalue weighted by Gasteiger charge is 2.16. The molecule has 1 aromatic carbocycles. The van der Waals surface area contributed by atoms with Gasteiger partial charge in [-0.15, -0.1) is 0 Å². The van der Waals surface area contributed by atoms with E-state index in [0.29, 0.717) is 12.3 Å². The SMILES string of the molecule is CCOc1ncccc1C(=O)OCc1nc(N)nc(Nc2ccc(F)cc2)n1. The third-order valence-electron chi connectivity index (χ3n) is 3.40. The first kappa shape index (κ1) is 19.0. The summed E-state index contributed by atoms with van der Waals surface area (Å²) in [5.74, 6) is -0.585. The molecule has 0 bridgehead atoms. The van der Waals surface area contributed by atoms with Gasteiger partial charge in [0.1, 0.15) is 11.4 Å². The summed E-state index contributed by atoms with van der Waals surface area (Å²) in [4.78, 5) is 28.4. The van der Waals surface area contributed by atoms with Crippen molar-refractivity contribution in [1.29, 1.82) is 0 Å². The van der Waals surface area contributed by atoms with Crippen LogP contribution in [0.25, 0.3) is 0 Å². The van der Waals surface area contributed by atoms with Crippen molar-refractivity contribution < 1.29 is 18.7 Å². The number of benzene rings is 1. The zero-order valence-corrected chi connectivity index (χ0v) is 14.9. The minimum atomic E-state index is -0.636. The van der Waals surface area contributed by atoms with Crippen LogP contribution < -0.4 is 15.8 Å².